The standard InChI is InChI=1S/C17H13Cl2NO5S/c1-23-14-9-16(15(24-2)8-12(14)19)26(21,22)25-13-6-5-11(18)10-4-3-7-20-17(10)13/h3-9H,1-2H3. The Bertz CT molecular complexity index is 1090. The van der Waals surface area contributed by atoms with Crippen LogP contribution in [0.25, 0.3) is 10.9 Å². The average Bonchev–Trinajstić information content (AvgIpc) is 2.63. The minimum atomic E-state index is -4.26. The van der Waals surface area contributed by atoms with Gasteiger partial charge in [-0.25, -0.2) is 0 Å². The highest BCUT2D eigenvalue weighted by Crippen LogP contribution is 2.37. The monoisotopic (exact) mass is 413 g/mol. The third-order valence-corrected chi connectivity index (χ3v) is 5.47. The molecule has 0 aliphatic heterocycles. The number of hydrogen-bond donors (Lipinski definition) is 0. The Labute approximate surface area is 160 Å². The fourth-order valence-electron chi connectivity index (χ4n) is 2.37. The van der Waals surface area contributed by atoms with Crippen LogP contribution in [0.3, 0.4) is 0 Å². The van der Waals surface area contributed by atoms with Crippen molar-refractivity contribution in [2.75, 3.05) is 14.2 Å². The highest BCUT2D eigenvalue weighted by Gasteiger charge is 2.25. The lowest BCUT2D eigenvalue weighted by atomic mass is 10.2. The Hall–Kier alpha value is -2.22. The predicted octanol–water partition coefficient (Wildman–Crippen LogP) is 4.33. The van der Waals surface area contributed by atoms with Crippen LogP contribution in [0.15, 0.2) is 47.5 Å². The van der Waals surface area contributed by atoms with Crippen molar-refractivity contribution in [3.05, 3.63) is 52.6 Å². The van der Waals surface area contributed by atoms with Gasteiger partial charge in [0, 0.05) is 23.7 Å². The molecule has 0 aliphatic rings. The third-order valence-electron chi connectivity index (χ3n) is 3.59. The van der Waals surface area contributed by atoms with Gasteiger partial charge in [-0.2, -0.15) is 8.42 Å². The zero-order chi connectivity index (χ0) is 18.9. The fraction of sp³-hybridized carbons (Fsp3) is 0.118. The Morgan fingerprint density at radius 3 is 2.35 bits per heavy atom. The second-order valence-electron chi connectivity index (χ2n) is 5.12. The van der Waals surface area contributed by atoms with Gasteiger partial charge in [-0.05, 0) is 24.3 Å². The molecule has 0 aliphatic carbocycles. The summed E-state index contributed by atoms with van der Waals surface area (Å²) in [5.41, 5.74) is 0.323. The van der Waals surface area contributed by atoms with Crippen LogP contribution in [-0.2, 0) is 10.1 Å². The van der Waals surface area contributed by atoms with Crippen molar-refractivity contribution < 1.29 is 22.1 Å². The van der Waals surface area contributed by atoms with Gasteiger partial charge in [0.25, 0.3) is 0 Å². The molecule has 0 atom stereocenters. The third kappa shape index (κ3) is 3.38. The lowest BCUT2D eigenvalue weighted by Crippen LogP contribution is -2.12. The minimum Gasteiger partial charge on any atom is -0.495 e. The van der Waals surface area contributed by atoms with E-state index in [2.05, 4.69) is 4.98 Å². The predicted molar refractivity (Wildman–Crippen MR) is 99.1 cm³/mol. The van der Waals surface area contributed by atoms with E-state index in [1.165, 1.54) is 44.7 Å². The van der Waals surface area contributed by atoms with Crippen LogP contribution in [0.1, 0.15) is 0 Å². The lowest BCUT2D eigenvalue weighted by Gasteiger charge is -2.14. The molecule has 0 bridgehead atoms. The van der Waals surface area contributed by atoms with Gasteiger partial charge in [0.2, 0.25) is 0 Å². The van der Waals surface area contributed by atoms with Gasteiger partial charge in [-0.3, -0.25) is 4.98 Å². The minimum absolute atomic E-state index is 0.0297. The molecule has 0 unspecified atom stereocenters. The van der Waals surface area contributed by atoms with Gasteiger partial charge in [0.05, 0.1) is 24.3 Å². The lowest BCUT2D eigenvalue weighted by molar-refractivity contribution is 0.388. The fourth-order valence-corrected chi connectivity index (χ4v) is 3.92. The van der Waals surface area contributed by atoms with Gasteiger partial charge >= 0.3 is 10.1 Å². The first kappa shape index (κ1) is 18.6. The number of ether oxygens (including phenoxy) is 2. The SMILES string of the molecule is COc1cc(S(=O)(=O)Oc2ccc(Cl)c3cccnc23)c(OC)cc1Cl. The summed E-state index contributed by atoms with van der Waals surface area (Å²) in [7, 11) is -1.55. The second-order valence-corrected chi connectivity index (χ2v) is 7.45. The number of nitrogens with zero attached hydrogens (tertiary/aromatic N) is 1. The number of methoxy groups -OCH3 is 2. The summed E-state index contributed by atoms with van der Waals surface area (Å²) >= 11 is 12.1. The highest BCUT2D eigenvalue weighted by molar-refractivity contribution is 7.87. The van der Waals surface area contributed by atoms with Gasteiger partial charge < -0.3 is 13.7 Å². The molecule has 136 valence electrons. The van der Waals surface area contributed by atoms with Crippen LogP contribution < -0.4 is 13.7 Å². The van der Waals surface area contributed by atoms with Crippen LogP contribution in [0.2, 0.25) is 10.0 Å². The topological polar surface area (TPSA) is 74.7 Å². The Balaban J connectivity index is 2.13. The molecule has 2 aromatic carbocycles. The average molecular weight is 414 g/mol. The van der Waals surface area contributed by atoms with E-state index in [4.69, 9.17) is 36.9 Å². The largest absolute Gasteiger partial charge is 0.495 e. The van der Waals surface area contributed by atoms with E-state index in [0.29, 0.717) is 15.9 Å². The summed E-state index contributed by atoms with van der Waals surface area (Å²) in [6.07, 6.45) is 1.52. The molecule has 1 aromatic heterocycles. The molecule has 3 aromatic rings. The first-order chi connectivity index (χ1) is 12.4. The van der Waals surface area contributed by atoms with Gasteiger partial charge in [0.1, 0.15) is 17.0 Å². The summed E-state index contributed by atoms with van der Waals surface area (Å²) in [6.45, 7) is 0. The Morgan fingerprint density at radius 1 is 0.923 bits per heavy atom. The van der Waals surface area contributed by atoms with E-state index in [9.17, 15) is 8.42 Å². The van der Waals surface area contributed by atoms with Crippen molar-refractivity contribution in [3.8, 4) is 17.2 Å². The second kappa shape index (κ2) is 7.19. The first-order valence-corrected chi connectivity index (χ1v) is 9.43. The highest BCUT2D eigenvalue weighted by atomic mass is 35.5. The van der Waals surface area contributed by atoms with Crippen LogP contribution in [0.5, 0.6) is 17.2 Å². The van der Waals surface area contributed by atoms with Crippen LogP contribution in [0.4, 0.5) is 0 Å². The quantitative estimate of drug-likeness (QED) is 0.579. The van der Waals surface area contributed by atoms with Crippen LogP contribution in [-0.4, -0.2) is 27.6 Å². The molecule has 0 radical (unpaired) electrons. The molecule has 26 heavy (non-hydrogen) atoms. The molecule has 0 saturated carbocycles. The van der Waals surface area contributed by atoms with E-state index >= 15 is 0 Å². The molecule has 0 amide bonds. The van der Waals surface area contributed by atoms with E-state index in [1.54, 1.807) is 12.1 Å². The number of fused-ring (bicyclic) bond motifs is 1. The Kier molecular flexibility index (Phi) is 5.13. The van der Waals surface area contributed by atoms with Gasteiger partial charge in [-0.15, -0.1) is 0 Å². The van der Waals surface area contributed by atoms with Crippen LogP contribution in [0, 0.1) is 0 Å². The number of aromatic nitrogens is 1. The van der Waals surface area contributed by atoms with E-state index in [1.807, 2.05) is 0 Å². The normalized spacial score (nSPS) is 11.4. The summed E-state index contributed by atoms with van der Waals surface area (Å²) in [5, 5.41) is 1.22. The zero-order valence-corrected chi connectivity index (χ0v) is 16.0. The molecule has 0 saturated heterocycles. The van der Waals surface area contributed by atoms with E-state index in [-0.39, 0.29) is 27.2 Å². The number of hydrogen-bond acceptors (Lipinski definition) is 6. The summed E-state index contributed by atoms with van der Waals surface area (Å²) in [4.78, 5) is 3.94. The van der Waals surface area contributed by atoms with E-state index in [0.717, 1.165) is 0 Å². The smallest absolute Gasteiger partial charge is 0.343 e. The Morgan fingerprint density at radius 2 is 1.65 bits per heavy atom. The number of benzene rings is 2. The molecule has 0 N–H and O–H groups in total. The number of rotatable bonds is 5. The molecule has 3 rings (SSSR count). The first-order valence-electron chi connectivity index (χ1n) is 7.26. The van der Waals surface area contributed by atoms with Crippen molar-refractivity contribution in [1.29, 1.82) is 0 Å². The maximum absolute atomic E-state index is 12.8. The van der Waals surface area contributed by atoms with Crippen molar-refractivity contribution in [2.24, 2.45) is 0 Å². The van der Waals surface area contributed by atoms with Crippen molar-refractivity contribution in [3.63, 3.8) is 0 Å². The molecular weight excluding hydrogens is 401 g/mol. The zero-order valence-electron chi connectivity index (χ0n) is 13.7. The van der Waals surface area contributed by atoms with Gasteiger partial charge in [-0.1, -0.05) is 23.2 Å². The molecule has 6 nitrogen and oxygen atoms in total. The molecule has 0 fully saturated rings. The van der Waals surface area contributed by atoms with Crippen molar-refractivity contribution >= 4 is 44.2 Å². The number of halogens is 2. The molecule has 0 spiro atoms. The molecule has 9 heteroatoms. The summed E-state index contributed by atoms with van der Waals surface area (Å²) < 4.78 is 41.2. The maximum atomic E-state index is 12.8. The van der Waals surface area contributed by atoms with Gasteiger partial charge in [0.15, 0.2) is 10.6 Å². The van der Waals surface area contributed by atoms with Crippen molar-refractivity contribution in [1.82, 2.24) is 4.98 Å². The number of pyridine rings is 1. The van der Waals surface area contributed by atoms with Crippen LogP contribution >= 0.6 is 23.2 Å². The summed E-state index contributed by atoms with van der Waals surface area (Å²) in [6, 6.07) is 8.97. The van der Waals surface area contributed by atoms with E-state index < -0.39 is 10.1 Å². The van der Waals surface area contributed by atoms with Crippen molar-refractivity contribution in [2.45, 2.75) is 4.90 Å². The molecule has 1 heterocycles. The maximum Gasteiger partial charge on any atom is 0.343 e. The molecular formula is C17H13Cl2NO5S. The summed E-state index contributed by atoms with van der Waals surface area (Å²) in [5.74, 6) is 0.247.